The van der Waals surface area contributed by atoms with Gasteiger partial charge in [0, 0.05) is 0 Å². The smallest absolute Gasteiger partial charge is 0.335 e. The summed E-state index contributed by atoms with van der Waals surface area (Å²) in [5, 5.41) is 13.1. The minimum absolute atomic E-state index is 0.0531. The van der Waals surface area contributed by atoms with Crippen molar-refractivity contribution in [2.45, 2.75) is 20.0 Å². The molecule has 2 aromatic rings. The van der Waals surface area contributed by atoms with Gasteiger partial charge in [-0.1, -0.05) is 0 Å². The number of halogens is 1. The van der Waals surface area contributed by atoms with E-state index in [1.54, 1.807) is 25.5 Å². The van der Waals surface area contributed by atoms with Crippen LogP contribution in [0.5, 0.6) is 11.5 Å². The third kappa shape index (κ3) is 5.35. The van der Waals surface area contributed by atoms with Crippen molar-refractivity contribution in [3.8, 4) is 11.5 Å². The van der Waals surface area contributed by atoms with Crippen LogP contribution >= 0.6 is 22.6 Å². The maximum absolute atomic E-state index is 10.8. The van der Waals surface area contributed by atoms with Gasteiger partial charge in [0.05, 0.1) is 34.2 Å². The highest BCUT2D eigenvalue weighted by Gasteiger charge is 2.12. The average molecular weight is 454 g/mol. The number of anilines is 1. The van der Waals surface area contributed by atoms with Crippen LogP contribution in [0.2, 0.25) is 0 Å². The molecule has 0 amide bonds. The lowest BCUT2D eigenvalue weighted by Gasteiger charge is -2.15. The highest BCUT2D eigenvalue weighted by atomic mass is 127. The summed E-state index contributed by atoms with van der Waals surface area (Å²) in [5.41, 5.74) is 4.65. The van der Waals surface area contributed by atoms with Gasteiger partial charge in [-0.3, -0.25) is 5.43 Å². The number of hydrogen-bond acceptors (Lipinski definition) is 5. The fourth-order valence-electron chi connectivity index (χ4n) is 2.03. The molecule has 0 aliphatic heterocycles. The molecule has 0 bridgehead atoms. The van der Waals surface area contributed by atoms with E-state index >= 15 is 0 Å². The summed E-state index contributed by atoms with van der Waals surface area (Å²) in [6, 6.07) is 10.1. The van der Waals surface area contributed by atoms with Gasteiger partial charge in [-0.15, -0.1) is 0 Å². The van der Waals surface area contributed by atoms with Crippen molar-refractivity contribution in [1.82, 2.24) is 0 Å². The maximum atomic E-state index is 10.8. The van der Waals surface area contributed by atoms with Crippen LogP contribution in [0.15, 0.2) is 41.5 Å². The monoisotopic (exact) mass is 454 g/mol. The topological polar surface area (TPSA) is 80.2 Å². The van der Waals surface area contributed by atoms with Gasteiger partial charge in [0.1, 0.15) is 0 Å². The Morgan fingerprint density at radius 2 is 1.96 bits per heavy atom. The third-order valence-electron chi connectivity index (χ3n) is 3.14. The molecule has 7 heteroatoms. The van der Waals surface area contributed by atoms with Crippen molar-refractivity contribution < 1.29 is 19.4 Å². The zero-order chi connectivity index (χ0) is 18.4. The molecule has 0 atom stereocenters. The summed E-state index contributed by atoms with van der Waals surface area (Å²) >= 11 is 2.20. The average Bonchev–Trinajstić information content (AvgIpc) is 2.57. The minimum atomic E-state index is -0.958. The Bertz CT molecular complexity index is 773. The largest absolute Gasteiger partial charge is 0.493 e. The van der Waals surface area contributed by atoms with E-state index in [0.29, 0.717) is 17.2 Å². The number of carbonyl (C=O) groups is 1. The van der Waals surface area contributed by atoms with E-state index in [2.05, 4.69) is 33.1 Å². The lowest BCUT2D eigenvalue weighted by molar-refractivity contribution is 0.0697. The van der Waals surface area contributed by atoms with E-state index < -0.39 is 5.97 Å². The molecule has 0 heterocycles. The van der Waals surface area contributed by atoms with E-state index in [4.69, 9.17) is 14.6 Å². The number of carboxylic acid groups (broad SMARTS) is 1. The molecular weight excluding hydrogens is 435 g/mol. The van der Waals surface area contributed by atoms with Crippen LogP contribution in [0, 0.1) is 3.57 Å². The zero-order valence-electron chi connectivity index (χ0n) is 14.1. The molecule has 0 spiro atoms. The molecule has 0 aliphatic carbocycles. The van der Waals surface area contributed by atoms with Crippen molar-refractivity contribution in [2.75, 3.05) is 12.5 Å². The quantitative estimate of drug-likeness (QED) is 0.372. The number of carboxylic acids is 1. The number of aromatic carboxylic acids is 1. The molecule has 132 valence electrons. The van der Waals surface area contributed by atoms with Crippen molar-refractivity contribution >= 4 is 40.5 Å². The first-order chi connectivity index (χ1) is 11.9. The highest BCUT2D eigenvalue weighted by molar-refractivity contribution is 14.1. The van der Waals surface area contributed by atoms with Gasteiger partial charge in [-0.2, -0.15) is 5.10 Å². The number of hydrogen-bond donors (Lipinski definition) is 2. The number of nitrogens with one attached hydrogen (secondary N) is 1. The SMILES string of the molecule is COc1cc(C=NNc2ccc(C(=O)O)cc2)cc(I)c1OC(C)C. The maximum Gasteiger partial charge on any atom is 0.335 e. The summed E-state index contributed by atoms with van der Waals surface area (Å²) in [6.07, 6.45) is 1.71. The molecule has 0 radical (unpaired) electrons. The molecule has 0 saturated carbocycles. The van der Waals surface area contributed by atoms with Gasteiger partial charge >= 0.3 is 5.97 Å². The summed E-state index contributed by atoms with van der Waals surface area (Å²) in [5.74, 6) is 0.403. The Kier molecular flexibility index (Phi) is 6.63. The molecule has 0 unspecified atom stereocenters. The predicted molar refractivity (Wildman–Crippen MR) is 106 cm³/mol. The van der Waals surface area contributed by atoms with Gasteiger partial charge in [0.2, 0.25) is 0 Å². The normalized spacial score (nSPS) is 10.9. The van der Waals surface area contributed by atoms with Gasteiger partial charge in [0.15, 0.2) is 11.5 Å². The molecule has 6 nitrogen and oxygen atoms in total. The Morgan fingerprint density at radius 3 is 2.52 bits per heavy atom. The fourth-order valence-corrected chi connectivity index (χ4v) is 2.79. The van der Waals surface area contributed by atoms with Crippen molar-refractivity contribution in [3.63, 3.8) is 0 Å². The van der Waals surface area contributed by atoms with Crippen molar-refractivity contribution in [1.29, 1.82) is 0 Å². The van der Waals surface area contributed by atoms with Crippen molar-refractivity contribution in [2.24, 2.45) is 5.10 Å². The number of rotatable bonds is 7. The summed E-state index contributed by atoms with van der Waals surface area (Å²) in [7, 11) is 1.60. The van der Waals surface area contributed by atoms with Crippen LogP contribution < -0.4 is 14.9 Å². The van der Waals surface area contributed by atoms with E-state index in [1.807, 2.05) is 26.0 Å². The second-order valence-electron chi connectivity index (χ2n) is 5.45. The van der Waals surface area contributed by atoms with Gasteiger partial charge in [-0.25, -0.2) is 4.79 Å². The molecule has 0 aromatic heterocycles. The second-order valence-corrected chi connectivity index (χ2v) is 6.62. The first-order valence-corrected chi connectivity index (χ1v) is 8.65. The number of benzene rings is 2. The summed E-state index contributed by atoms with van der Waals surface area (Å²) in [6.45, 7) is 3.93. The molecule has 25 heavy (non-hydrogen) atoms. The number of ether oxygens (including phenoxy) is 2. The van der Waals surface area contributed by atoms with Crippen LogP contribution in [0.4, 0.5) is 5.69 Å². The van der Waals surface area contributed by atoms with E-state index in [1.165, 1.54) is 12.1 Å². The second kappa shape index (κ2) is 8.70. The van der Waals surface area contributed by atoms with Gasteiger partial charge in [0.25, 0.3) is 0 Å². The first-order valence-electron chi connectivity index (χ1n) is 7.57. The molecular formula is C18H19IN2O4. The fraction of sp³-hybridized carbons (Fsp3) is 0.222. The minimum Gasteiger partial charge on any atom is -0.493 e. The summed E-state index contributed by atoms with van der Waals surface area (Å²) < 4.78 is 12.1. The molecule has 0 saturated heterocycles. The van der Waals surface area contributed by atoms with Crippen LogP contribution in [0.3, 0.4) is 0 Å². The zero-order valence-corrected chi connectivity index (χ0v) is 16.3. The predicted octanol–water partition coefficient (Wildman–Crippen LogP) is 4.23. The standard InChI is InChI=1S/C18H19IN2O4/c1-11(2)25-17-15(19)8-12(9-16(17)24-3)10-20-21-14-6-4-13(5-7-14)18(22)23/h4-11,21H,1-3H3,(H,22,23). The third-order valence-corrected chi connectivity index (χ3v) is 3.95. The molecule has 2 rings (SSSR count). The summed E-state index contributed by atoms with van der Waals surface area (Å²) in [4.78, 5) is 10.8. The molecule has 0 aliphatic rings. The molecule has 0 fully saturated rings. The lowest BCUT2D eigenvalue weighted by Crippen LogP contribution is -2.08. The Morgan fingerprint density at radius 1 is 1.28 bits per heavy atom. The van der Waals surface area contributed by atoms with Gasteiger partial charge in [-0.05, 0) is 78.4 Å². The number of methoxy groups -OCH3 is 1. The van der Waals surface area contributed by atoms with Crippen LogP contribution in [0.25, 0.3) is 0 Å². The number of nitrogens with zero attached hydrogens (tertiary/aromatic N) is 1. The lowest BCUT2D eigenvalue weighted by atomic mass is 10.2. The van der Waals surface area contributed by atoms with Crippen LogP contribution in [-0.2, 0) is 0 Å². The first kappa shape index (κ1) is 19.0. The molecule has 2 aromatic carbocycles. The Hall–Kier alpha value is -2.29. The molecule has 2 N–H and O–H groups in total. The number of hydrazone groups is 1. The van der Waals surface area contributed by atoms with Gasteiger partial charge < -0.3 is 14.6 Å². The van der Waals surface area contributed by atoms with E-state index in [-0.39, 0.29) is 11.7 Å². The highest BCUT2D eigenvalue weighted by Crippen LogP contribution is 2.34. The Labute approximate surface area is 160 Å². The Balaban J connectivity index is 2.12. The van der Waals surface area contributed by atoms with E-state index in [9.17, 15) is 4.79 Å². The van der Waals surface area contributed by atoms with Crippen LogP contribution in [0.1, 0.15) is 29.8 Å². The van der Waals surface area contributed by atoms with E-state index in [0.717, 1.165) is 9.13 Å². The van der Waals surface area contributed by atoms with Crippen LogP contribution in [-0.4, -0.2) is 30.5 Å². The van der Waals surface area contributed by atoms with Crippen molar-refractivity contribution in [3.05, 3.63) is 51.1 Å².